The Morgan fingerprint density at radius 2 is 1.71 bits per heavy atom. The van der Waals surface area contributed by atoms with Crippen LogP contribution in [-0.4, -0.2) is 41.6 Å². The highest BCUT2D eigenvalue weighted by Crippen LogP contribution is 2.52. The summed E-state index contributed by atoms with van der Waals surface area (Å²) < 4.78 is 11.6. The number of carboxylic acids is 1. The van der Waals surface area contributed by atoms with Crippen molar-refractivity contribution in [3.05, 3.63) is 23.3 Å². The third-order valence-electron chi connectivity index (χ3n) is 7.43. The fourth-order valence-corrected chi connectivity index (χ4v) is 5.68. The molecule has 0 saturated heterocycles. The largest absolute Gasteiger partial charge is 0.486 e. The molecular weight excluding hydrogens is 358 g/mol. The zero-order chi connectivity index (χ0) is 19.5. The van der Waals surface area contributed by atoms with Crippen molar-refractivity contribution in [2.75, 3.05) is 19.8 Å². The first-order valence-corrected chi connectivity index (χ1v) is 10.5. The third-order valence-corrected chi connectivity index (χ3v) is 7.43. The van der Waals surface area contributed by atoms with Crippen molar-refractivity contribution < 1.29 is 24.2 Å². The summed E-state index contributed by atoms with van der Waals surface area (Å²) in [7, 11) is 0. The monoisotopic (exact) mass is 385 g/mol. The van der Waals surface area contributed by atoms with Gasteiger partial charge in [0.15, 0.2) is 11.5 Å². The lowest BCUT2D eigenvalue weighted by atomic mass is 9.69. The number of benzene rings is 1. The van der Waals surface area contributed by atoms with Crippen molar-refractivity contribution in [2.45, 2.75) is 56.9 Å². The highest BCUT2D eigenvalue weighted by Gasteiger charge is 2.50. The van der Waals surface area contributed by atoms with Gasteiger partial charge < -0.3 is 19.5 Å². The maximum Gasteiger partial charge on any atom is 0.307 e. The van der Waals surface area contributed by atoms with Crippen LogP contribution in [0.25, 0.3) is 0 Å². The van der Waals surface area contributed by atoms with E-state index in [4.69, 9.17) is 9.47 Å². The second kappa shape index (κ2) is 6.39. The van der Waals surface area contributed by atoms with Crippen LogP contribution >= 0.6 is 0 Å². The van der Waals surface area contributed by atoms with Crippen LogP contribution in [0.3, 0.4) is 0 Å². The van der Waals surface area contributed by atoms with Crippen LogP contribution in [0.5, 0.6) is 11.5 Å². The highest BCUT2D eigenvalue weighted by molar-refractivity contribution is 5.87. The summed E-state index contributed by atoms with van der Waals surface area (Å²) in [5, 5.41) is 9.41. The van der Waals surface area contributed by atoms with Gasteiger partial charge in [-0.15, -0.1) is 0 Å². The van der Waals surface area contributed by atoms with Crippen LogP contribution < -0.4 is 9.47 Å². The van der Waals surface area contributed by atoms with Crippen LogP contribution in [-0.2, 0) is 15.0 Å². The lowest BCUT2D eigenvalue weighted by molar-refractivity contribution is -0.158. The zero-order valence-electron chi connectivity index (χ0n) is 16.3. The molecule has 1 N–H and O–H groups in total. The Morgan fingerprint density at radius 3 is 2.32 bits per heavy atom. The quantitative estimate of drug-likeness (QED) is 0.845. The Labute approximate surface area is 164 Å². The van der Waals surface area contributed by atoms with Crippen molar-refractivity contribution in [3.8, 4) is 11.5 Å². The van der Waals surface area contributed by atoms with Crippen LogP contribution in [0.4, 0.5) is 0 Å². The van der Waals surface area contributed by atoms with E-state index >= 15 is 0 Å². The molecular formula is C22H27NO5. The maximum absolute atomic E-state index is 13.4. The molecule has 2 aliphatic carbocycles. The van der Waals surface area contributed by atoms with Gasteiger partial charge in [0.25, 0.3) is 0 Å². The van der Waals surface area contributed by atoms with Crippen LogP contribution in [0.2, 0.25) is 0 Å². The Hall–Kier alpha value is -2.24. The number of carboxylic acid groups (broad SMARTS) is 1. The molecule has 6 heteroatoms. The summed E-state index contributed by atoms with van der Waals surface area (Å²) in [5.41, 5.74) is 2.39. The SMILES string of the molecule is CC1c2cc3c(cc2C2(CCCC2)CN1C(=O)C1CCC1C(=O)O)OCCO3. The van der Waals surface area contributed by atoms with E-state index in [9.17, 15) is 14.7 Å². The molecule has 5 rings (SSSR count). The van der Waals surface area contributed by atoms with E-state index in [0.717, 1.165) is 42.7 Å². The minimum Gasteiger partial charge on any atom is -0.486 e. The molecule has 3 unspecified atom stereocenters. The zero-order valence-corrected chi connectivity index (χ0v) is 16.3. The first kappa shape index (κ1) is 17.8. The average Bonchev–Trinajstić information content (AvgIpc) is 3.11. The summed E-state index contributed by atoms with van der Waals surface area (Å²) in [5.74, 6) is -0.166. The number of carbonyl (C=O) groups is 2. The van der Waals surface area contributed by atoms with Gasteiger partial charge >= 0.3 is 5.97 Å². The molecule has 150 valence electrons. The van der Waals surface area contributed by atoms with Gasteiger partial charge in [0.2, 0.25) is 5.91 Å². The lowest BCUT2D eigenvalue weighted by Gasteiger charge is -2.48. The summed E-state index contributed by atoms with van der Waals surface area (Å²) in [4.78, 5) is 26.8. The molecule has 1 aromatic carbocycles. The summed E-state index contributed by atoms with van der Waals surface area (Å²) in [6.45, 7) is 3.85. The van der Waals surface area contributed by atoms with Crippen LogP contribution in [0, 0.1) is 11.8 Å². The van der Waals surface area contributed by atoms with Crippen molar-refractivity contribution in [1.82, 2.24) is 4.90 Å². The summed E-state index contributed by atoms with van der Waals surface area (Å²) in [6, 6.07) is 4.12. The molecule has 0 aromatic heterocycles. The Balaban J connectivity index is 1.54. The van der Waals surface area contributed by atoms with Crippen LogP contribution in [0.15, 0.2) is 12.1 Å². The second-order valence-electron chi connectivity index (χ2n) is 8.84. The van der Waals surface area contributed by atoms with Gasteiger partial charge in [0, 0.05) is 12.0 Å². The average molecular weight is 385 g/mol. The first-order chi connectivity index (χ1) is 13.5. The fraction of sp³-hybridized carbons (Fsp3) is 0.636. The van der Waals surface area contributed by atoms with E-state index in [1.165, 1.54) is 5.56 Å². The van der Waals surface area contributed by atoms with Gasteiger partial charge in [-0.1, -0.05) is 12.8 Å². The Bertz CT molecular complexity index is 828. The molecule has 1 aromatic rings. The molecule has 2 fully saturated rings. The van der Waals surface area contributed by atoms with Gasteiger partial charge in [-0.05, 0) is 55.9 Å². The smallest absolute Gasteiger partial charge is 0.307 e. The predicted molar refractivity (Wildman–Crippen MR) is 102 cm³/mol. The van der Waals surface area contributed by atoms with Crippen LogP contribution in [0.1, 0.15) is 62.6 Å². The number of carbonyl (C=O) groups excluding carboxylic acids is 1. The summed E-state index contributed by atoms with van der Waals surface area (Å²) >= 11 is 0. The van der Waals surface area contributed by atoms with Crippen molar-refractivity contribution in [1.29, 1.82) is 0 Å². The number of hydrogen-bond acceptors (Lipinski definition) is 4. The molecule has 2 heterocycles. The molecule has 1 amide bonds. The van der Waals surface area contributed by atoms with E-state index in [0.29, 0.717) is 32.6 Å². The number of nitrogens with zero attached hydrogens (tertiary/aromatic N) is 1. The minimum absolute atomic E-state index is 0.0120. The standard InChI is InChI=1S/C22H27NO5/c1-13-16-10-18-19(28-9-8-27-18)11-17(16)22(6-2-3-7-22)12-23(13)20(24)14-4-5-15(14)21(25)26/h10-11,13-15H,2-9,12H2,1H3,(H,25,26). The molecule has 1 spiro atoms. The van der Waals surface area contributed by atoms with E-state index in [1.54, 1.807) is 0 Å². The number of fused-ring (bicyclic) bond motifs is 3. The number of aliphatic carboxylic acids is 1. The molecule has 4 aliphatic rings. The Morgan fingerprint density at radius 1 is 1.07 bits per heavy atom. The molecule has 3 atom stereocenters. The number of ether oxygens (including phenoxy) is 2. The normalized spacial score (nSPS) is 29.9. The van der Waals surface area contributed by atoms with Crippen molar-refractivity contribution >= 4 is 11.9 Å². The lowest BCUT2D eigenvalue weighted by Crippen LogP contribution is -2.53. The van der Waals surface area contributed by atoms with E-state index in [-0.39, 0.29) is 23.3 Å². The van der Waals surface area contributed by atoms with E-state index in [2.05, 4.69) is 19.1 Å². The molecule has 2 aliphatic heterocycles. The first-order valence-electron chi connectivity index (χ1n) is 10.5. The van der Waals surface area contributed by atoms with E-state index < -0.39 is 11.9 Å². The fourth-order valence-electron chi connectivity index (χ4n) is 5.68. The number of rotatable bonds is 2. The van der Waals surface area contributed by atoms with Crippen molar-refractivity contribution in [2.24, 2.45) is 11.8 Å². The second-order valence-corrected chi connectivity index (χ2v) is 8.84. The van der Waals surface area contributed by atoms with Gasteiger partial charge in [0.1, 0.15) is 13.2 Å². The minimum atomic E-state index is -0.843. The highest BCUT2D eigenvalue weighted by atomic mass is 16.6. The maximum atomic E-state index is 13.4. The topological polar surface area (TPSA) is 76.1 Å². The molecule has 28 heavy (non-hydrogen) atoms. The van der Waals surface area contributed by atoms with Gasteiger partial charge in [-0.2, -0.15) is 0 Å². The Kier molecular flexibility index (Phi) is 4.07. The molecule has 0 radical (unpaired) electrons. The van der Waals surface area contributed by atoms with E-state index in [1.807, 2.05) is 4.90 Å². The van der Waals surface area contributed by atoms with Gasteiger partial charge in [-0.25, -0.2) is 0 Å². The molecule has 2 saturated carbocycles. The molecule has 6 nitrogen and oxygen atoms in total. The number of hydrogen-bond donors (Lipinski definition) is 1. The number of amides is 1. The van der Waals surface area contributed by atoms with Crippen molar-refractivity contribution in [3.63, 3.8) is 0 Å². The molecule has 0 bridgehead atoms. The van der Waals surface area contributed by atoms with Gasteiger partial charge in [-0.3, -0.25) is 9.59 Å². The summed E-state index contributed by atoms with van der Waals surface area (Å²) in [6.07, 6.45) is 5.72. The van der Waals surface area contributed by atoms with Gasteiger partial charge in [0.05, 0.1) is 17.9 Å². The third kappa shape index (κ3) is 2.53. The predicted octanol–water partition coefficient (Wildman–Crippen LogP) is 3.28.